The molecule has 2 rings (SSSR count). The van der Waals surface area contributed by atoms with Crippen LogP contribution in [-0.4, -0.2) is 19.3 Å². The summed E-state index contributed by atoms with van der Waals surface area (Å²) >= 11 is 5.10. The number of nitrogens with one attached hydrogen (secondary N) is 2. The van der Waals surface area contributed by atoms with Crippen molar-refractivity contribution in [1.82, 2.24) is 0 Å². The van der Waals surface area contributed by atoms with E-state index in [2.05, 4.69) is 10.6 Å². The van der Waals surface area contributed by atoms with E-state index in [0.29, 0.717) is 17.2 Å². The van der Waals surface area contributed by atoms with Gasteiger partial charge in [0.05, 0.1) is 31.2 Å². The Morgan fingerprint density at radius 1 is 0.958 bits per heavy atom. The third-order valence-corrected chi connectivity index (χ3v) is 3.34. The molecule has 0 unspecified atom stereocenters. The molecule has 4 nitrogen and oxygen atoms in total. The lowest BCUT2D eigenvalue weighted by atomic mass is 10.1. The average molecular weight is 356 g/mol. The second kappa shape index (κ2) is 7.39. The van der Waals surface area contributed by atoms with Crippen LogP contribution >= 0.6 is 12.2 Å². The van der Waals surface area contributed by atoms with Gasteiger partial charge in [-0.05, 0) is 36.5 Å². The van der Waals surface area contributed by atoms with Crippen molar-refractivity contribution in [2.45, 2.75) is 6.18 Å². The van der Waals surface area contributed by atoms with Crippen LogP contribution in [0.4, 0.5) is 24.5 Å². The molecule has 0 spiro atoms. The Bertz CT molecular complexity index is 736. The van der Waals surface area contributed by atoms with Crippen LogP contribution in [0.2, 0.25) is 0 Å². The molecule has 0 saturated carbocycles. The molecular weight excluding hydrogens is 341 g/mol. The van der Waals surface area contributed by atoms with Crippen LogP contribution in [0, 0.1) is 0 Å². The topological polar surface area (TPSA) is 42.5 Å². The highest BCUT2D eigenvalue weighted by molar-refractivity contribution is 7.80. The number of thiocarbonyl (C=S) groups is 1. The van der Waals surface area contributed by atoms with Crippen molar-refractivity contribution in [3.05, 3.63) is 48.0 Å². The van der Waals surface area contributed by atoms with Gasteiger partial charge in [0.2, 0.25) is 0 Å². The van der Waals surface area contributed by atoms with Gasteiger partial charge in [0.1, 0.15) is 11.5 Å². The Hall–Kier alpha value is -2.48. The van der Waals surface area contributed by atoms with E-state index in [-0.39, 0.29) is 10.8 Å². The Morgan fingerprint density at radius 3 is 2.25 bits per heavy atom. The highest BCUT2D eigenvalue weighted by Crippen LogP contribution is 2.35. The van der Waals surface area contributed by atoms with Crippen LogP contribution in [0.1, 0.15) is 5.56 Å². The molecular formula is C16H15F3N2O2S. The first-order valence-electron chi connectivity index (χ1n) is 6.81. The predicted octanol–water partition coefficient (Wildman–Crippen LogP) is 4.53. The largest absolute Gasteiger partial charge is 0.497 e. The first kappa shape index (κ1) is 17.9. The van der Waals surface area contributed by atoms with Crippen LogP contribution in [-0.2, 0) is 6.18 Å². The summed E-state index contributed by atoms with van der Waals surface area (Å²) < 4.78 is 49.3. The van der Waals surface area contributed by atoms with Gasteiger partial charge in [-0.15, -0.1) is 0 Å². The van der Waals surface area contributed by atoms with E-state index in [1.807, 2.05) is 0 Å². The highest BCUT2D eigenvalue weighted by Gasteiger charge is 2.33. The minimum Gasteiger partial charge on any atom is -0.497 e. The lowest BCUT2D eigenvalue weighted by Crippen LogP contribution is -2.21. The third-order valence-electron chi connectivity index (χ3n) is 3.14. The fraction of sp³-hybridized carbons (Fsp3) is 0.188. The molecule has 0 bridgehead atoms. The van der Waals surface area contributed by atoms with E-state index in [0.717, 1.165) is 6.07 Å². The van der Waals surface area contributed by atoms with E-state index in [1.54, 1.807) is 18.2 Å². The summed E-state index contributed by atoms with van der Waals surface area (Å²) in [6.07, 6.45) is -4.48. The number of ether oxygens (including phenoxy) is 2. The summed E-state index contributed by atoms with van der Waals surface area (Å²) in [7, 11) is 2.98. The molecule has 2 aromatic carbocycles. The molecule has 2 N–H and O–H groups in total. The Kier molecular flexibility index (Phi) is 5.50. The maximum Gasteiger partial charge on any atom is 0.418 e. The first-order valence-corrected chi connectivity index (χ1v) is 7.22. The standard InChI is InChI=1S/C16H15F3N2O2S/c1-22-10-7-8-14(23-2)13(9-10)21-15(24)20-12-6-4-3-5-11(12)16(17,18)19/h3-9H,1-2H3,(H2,20,21,24). The number of hydrogen-bond acceptors (Lipinski definition) is 3. The van der Waals surface area contributed by atoms with E-state index < -0.39 is 11.7 Å². The molecule has 0 aliphatic carbocycles. The van der Waals surface area contributed by atoms with Crippen molar-refractivity contribution in [3.8, 4) is 11.5 Å². The minimum absolute atomic E-state index is 0.00162. The zero-order chi connectivity index (χ0) is 17.7. The van der Waals surface area contributed by atoms with Gasteiger partial charge in [0, 0.05) is 6.07 Å². The summed E-state index contributed by atoms with van der Waals surface area (Å²) in [5.41, 5.74) is -0.463. The molecule has 0 aliphatic rings. The van der Waals surface area contributed by atoms with Gasteiger partial charge in [-0.25, -0.2) is 0 Å². The second-order valence-corrected chi connectivity index (χ2v) is 5.10. The maximum atomic E-state index is 13.0. The Labute approximate surface area is 142 Å². The van der Waals surface area contributed by atoms with E-state index in [4.69, 9.17) is 21.7 Å². The molecule has 0 aliphatic heterocycles. The highest BCUT2D eigenvalue weighted by atomic mass is 32.1. The Morgan fingerprint density at radius 2 is 1.62 bits per heavy atom. The maximum absolute atomic E-state index is 13.0. The first-order chi connectivity index (χ1) is 11.3. The van der Waals surface area contributed by atoms with Gasteiger partial charge < -0.3 is 20.1 Å². The monoisotopic (exact) mass is 356 g/mol. The van der Waals surface area contributed by atoms with E-state index >= 15 is 0 Å². The fourth-order valence-electron chi connectivity index (χ4n) is 2.03. The number of rotatable bonds is 4. The van der Waals surface area contributed by atoms with Gasteiger partial charge in [-0.2, -0.15) is 13.2 Å². The summed E-state index contributed by atoms with van der Waals surface area (Å²) in [5, 5.41) is 5.37. The van der Waals surface area contributed by atoms with Crippen LogP contribution in [0.15, 0.2) is 42.5 Å². The third kappa shape index (κ3) is 4.29. The van der Waals surface area contributed by atoms with Gasteiger partial charge in [-0.3, -0.25) is 0 Å². The van der Waals surface area contributed by atoms with Crippen molar-refractivity contribution in [3.63, 3.8) is 0 Å². The van der Waals surface area contributed by atoms with Crippen LogP contribution in [0.25, 0.3) is 0 Å². The van der Waals surface area contributed by atoms with Gasteiger partial charge in [0.25, 0.3) is 0 Å². The van der Waals surface area contributed by atoms with E-state index in [9.17, 15) is 13.2 Å². The number of alkyl halides is 3. The van der Waals surface area contributed by atoms with Gasteiger partial charge in [0.15, 0.2) is 5.11 Å². The lowest BCUT2D eigenvalue weighted by molar-refractivity contribution is -0.136. The molecule has 0 amide bonds. The van der Waals surface area contributed by atoms with Crippen molar-refractivity contribution in [1.29, 1.82) is 0 Å². The van der Waals surface area contributed by atoms with Crippen molar-refractivity contribution >= 4 is 28.7 Å². The van der Waals surface area contributed by atoms with Gasteiger partial charge in [-0.1, -0.05) is 12.1 Å². The summed E-state index contributed by atoms with van der Waals surface area (Å²) in [6.45, 7) is 0. The minimum atomic E-state index is -4.48. The molecule has 0 fully saturated rings. The second-order valence-electron chi connectivity index (χ2n) is 4.69. The summed E-state index contributed by atoms with van der Waals surface area (Å²) in [5.74, 6) is 1.03. The molecule has 128 valence electrons. The van der Waals surface area contributed by atoms with Crippen molar-refractivity contribution in [2.75, 3.05) is 24.9 Å². The van der Waals surface area contributed by atoms with Crippen LogP contribution < -0.4 is 20.1 Å². The predicted molar refractivity (Wildman–Crippen MR) is 90.8 cm³/mol. The zero-order valence-electron chi connectivity index (χ0n) is 12.9. The molecule has 0 heterocycles. The molecule has 0 radical (unpaired) electrons. The molecule has 24 heavy (non-hydrogen) atoms. The number of halogens is 3. The molecule has 0 aromatic heterocycles. The van der Waals surface area contributed by atoms with Crippen LogP contribution in [0.3, 0.4) is 0 Å². The van der Waals surface area contributed by atoms with Crippen molar-refractivity contribution in [2.24, 2.45) is 0 Å². The van der Waals surface area contributed by atoms with Crippen LogP contribution in [0.5, 0.6) is 11.5 Å². The SMILES string of the molecule is COc1ccc(OC)c(NC(=S)Nc2ccccc2C(F)(F)F)c1. The molecule has 2 aromatic rings. The Balaban J connectivity index is 2.21. The quantitative estimate of drug-likeness (QED) is 0.788. The zero-order valence-corrected chi connectivity index (χ0v) is 13.7. The number of methoxy groups -OCH3 is 2. The fourth-order valence-corrected chi connectivity index (χ4v) is 2.25. The molecule has 0 saturated heterocycles. The molecule has 8 heteroatoms. The summed E-state index contributed by atoms with van der Waals surface area (Å²) in [6, 6.07) is 10.1. The average Bonchev–Trinajstić information content (AvgIpc) is 2.54. The normalized spacial score (nSPS) is 10.9. The summed E-state index contributed by atoms with van der Waals surface area (Å²) in [4.78, 5) is 0. The van der Waals surface area contributed by atoms with Crippen molar-refractivity contribution < 1.29 is 22.6 Å². The number of benzene rings is 2. The van der Waals surface area contributed by atoms with Gasteiger partial charge >= 0.3 is 6.18 Å². The number of hydrogen-bond donors (Lipinski definition) is 2. The lowest BCUT2D eigenvalue weighted by Gasteiger charge is -2.17. The number of para-hydroxylation sites is 1. The molecule has 0 atom stereocenters. The smallest absolute Gasteiger partial charge is 0.418 e. The van der Waals surface area contributed by atoms with E-state index in [1.165, 1.54) is 32.4 Å². The number of anilines is 2.